The molecule has 3 aromatic rings. The molecule has 0 heterocycles. The zero-order chi connectivity index (χ0) is 21.5. The average Bonchev–Trinajstić information content (AvgIpc) is 2.84. The van der Waals surface area contributed by atoms with Crippen LogP contribution in [0.1, 0.15) is 27.7 Å². The van der Waals surface area contributed by atoms with E-state index < -0.39 is 0 Å². The molecule has 0 aliphatic carbocycles. The first-order valence-electron chi connectivity index (χ1n) is 9.57. The summed E-state index contributed by atoms with van der Waals surface area (Å²) in [4.78, 5) is 0. The molecule has 0 N–H and O–H groups in total. The van der Waals surface area contributed by atoms with Crippen LogP contribution in [0.25, 0.3) is 0 Å². The van der Waals surface area contributed by atoms with Gasteiger partial charge in [-0.3, -0.25) is 0 Å². The van der Waals surface area contributed by atoms with Gasteiger partial charge in [-0.1, -0.05) is 82.3 Å². The van der Waals surface area contributed by atoms with E-state index in [1.54, 1.807) is 21.3 Å². The van der Waals surface area contributed by atoms with Crippen molar-refractivity contribution in [3.8, 4) is 17.2 Å². The Kier molecular flexibility index (Phi) is 21.5. The van der Waals surface area contributed by atoms with Crippen molar-refractivity contribution in [3.05, 3.63) is 91.0 Å². The average molecular weight is 385 g/mol. The lowest BCUT2D eigenvalue weighted by molar-refractivity contribution is 0.414. The second-order valence-electron chi connectivity index (χ2n) is 4.55. The van der Waals surface area contributed by atoms with Gasteiger partial charge in [0, 0.05) is 0 Å². The minimum absolute atomic E-state index is 0.910. The van der Waals surface area contributed by atoms with Crippen LogP contribution in [0.4, 0.5) is 0 Å². The van der Waals surface area contributed by atoms with Gasteiger partial charge in [0.2, 0.25) is 0 Å². The summed E-state index contributed by atoms with van der Waals surface area (Å²) in [6.07, 6.45) is 0. The summed E-state index contributed by atoms with van der Waals surface area (Å²) in [5, 5.41) is 0. The fraction of sp³-hybridized carbons (Fsp3) is 0.280. The summed E-state index contributed by atoms with van der Waals surface area (Å²) in [7, 11) is 4.99. The SMILES string of the molecule is CC.CC.COc1ccccc1.COc1ccccc1.COc1ccccc1. The summed E-state index contributed by atoms with van der Waals surface area (Å²) >= 11 is 0. The Bertz CT molecular complexity index is 532. The topological polar surface area (TPSA) is 27.7 Å². The highest BCUT2D eigenvalue weighted by molar-refractivity contribution is 5.21. The zero-order valence-corrected chi connectivity index (χ0v) is 18.4. The second-order valence-corrected chi connectivity index (χ2v) is 4.55. The van der Waals surface area contributed by atoms with Crippen LogP contribution in [0.15, 0.2) is 91.0 Å². The lowest BCUT2D eigenvalue weighted by Crippen LogP contribution is -1.78. The first-order valence-corrected chi connectivity index (χ1v) is 9.57. The van der Waals surface area contributed by atoms with Gasteiger partial charge in [-0.25, -0.2) is 0 Å². The Balaban J connectivity index is 0. The Labute approximate surface area is 171 Å². The molecule has 3 rings (SSSR count). The van der Waals surface area contributed by atoms with Gasteiger partial charge in [0.05, 0.1) is 21.3 Å². The van der Waals surface area contributed by atoms with Crippen LogP contribution in [-0.2, 0) is 0 Å². The van der Waals surface area contributed by atoms with Crippen molar-refractivity contribution in [1.82, 2.24) is 0 Å². The van der Waals surface area contributed by atoms with Crippen LogP contribution < -0.4 is 14.2 Å². The predicted octanol–water partition coefficient (Wildman–Crippen LogP) is 7.14. The summed E-state index contributed by atoms with van der Waals surface area (Å²) in [6.45, 7) is 8.00. The molecule has 0 bridgehead atoms. The number of rotatable bonds is 3. The van der Waals surface area contributed by atoms with Crippen molar-refractivity contribution >= 4 is 0 Å². The van der Waals surface area contributed by atoms with Gasteiger partial charge in [-0.15, -0.1) is 0 Å². The van der Waals surface area contributed by atoms with E-state index >= 15 is 0 Å². The van der Waals surface area contributed by atoms with Crippen molar-refractivity contribution in [2.45, 2.75) is 27.7 Å². The highest BCUT2D eigenvalue weighted by Gasteiger charge is 1.81. The molecule has 154 valence electrons. The smallest absolute Gasteiger partial charge is 0.118 e. The van der Waals surface area contributed by atoms with E-state index in [1.165, 1.54) is 0 Å². The molecule has 28 heavy (non-hydrogen) atoms. The number of ether oxygens (including phenoxy) is 3. The van der Waals surface area contributed by atoms with Crippen LogP contribution in [0.2, 0.25) is 0 Å². The van der Waals surface area contributed by atoms with E-state index in [4.69, 9.17) is 14.2 Å². The van der Waals surface area contributed by atoms with Crippen molar-refractivity contribution < 1.29 is 14.2 Å². The molecule has 3 heteroatoms. The molecule has 0 atom stereocenters. The summed E-state index contributed by atoms with van der Waals surface area (Å²) < 4.78 is 14.7. The Morgan fingerprint density at radius 1 is 0.357 bits per heavy atom. The summed E-state index contributed by atoms with van der Waals surface area (Å²) in [5.41, 5.74) is 0. The van der Waals surface area contributed by atoms with Gasteiger partial charge in [0.15, 0.2) is 0 Å². The fourth-order valence-corrected chi connectivity index (χ4v) is 1.67. The molecule has 0 saturated carbocycles. The van der Waals surface area contributed by atoms with Gasteiger partial charge in [-0.2, -0.15) is 0 Å². The van der Waals surface area contributed by atoms with Crippen LogP contribution in [0.5, 0.6) is 17.2 Å². The third-order valence-corrected chi connectivity index (χ3v) is 2.94. The predicted molar refractivity (Wildman–Crippen MR) is 122 cm³/mol. The molecule has 0 aliphatic rings. The van der Waals surface area contributed by atoms with Crippen molar-refractivity contribution in [3.63, 3.8) is 0 Å². The molecule has 0 fully saturated rings. The van der Waals surface area contributed by atoms with Gasteiger partial charge < -0.3 is 14.2 Å². The van der Waals surface area contributed by atoms with Gasteiger partial charge in [-0.05, 0) is 36.4 Å². The van der Waals surface area contributed by atoms with E-state index in [-0.39, 0.29) is 0 Å². The fourth-order valence-electron chi connectivity index (χ4n) is 1.67. The summed E-state index contributed by atoms with van der Waals surface area (Å²) in [5.74, 6) is 2.73. The third-order valence-electron chi connectivity index (χ3n) is 2.94. The van der Waals surface area contributed by atoms with Crippen LogP contribution in [-0.4, -0.2) is 21.3 Å². The molecule has 3 aromatic carbocycles. The first kappa shape index (κ1) is 27.3. The quantitative estimate of drug-likeness (QED) is 0.480. The standard InChI is InChI=1S/3C7H8O.2C2H6/c3*1-8-7-5-3-2-4-6-7;2*1-2/h3*2-6H,1H3;2*1-2H3. The van der Waals surface area contributed by atoms with Gasteiger partial charge >= 0.3 is 0 Å². The number of methoxy groups -OCH3 is 3. The van der Waals surface area contributed by atoms with E-state index in [9.17, 15) is 0 Å². The Morgan fingerprint density at radius 3 is 0.643 bits per heavy atom. The van der Waals surface area contributed by atoms with Crippen LogP contribution >= 0.6 is 0 Å². The maximum absolute atomic E-state index is 4.91. The van der Waals surface area contributed by atoms with Gasteiger partial charge in [0.1, 0.15) is 17.2 Å². The van der Waals surface area contributed by atoms with Crippen molar-refractivity contribution in [2.24, 2.45) is 0 Å². The lowest BCUT2D eigenvalue weighted by atomic mass is 10.3. The highest BCUT2D eigenvalue weighted by atomic mass is 16.5. The molecule has 0 radical (unpaired) electrons. The molecule has 0 aromatic heterocycles. The minimum atomic E-state index is 0.910. The molecule has 3 nitrogen and oxygen atoms in total. The van der Waals surface area contributed by atoms with Crippen LogP contribution in [0.3, 0.4) is 0 Å². The number of hydrogen-bond acceptors (Lipinski definition) is 3. The molecule has 0 amide bonds. The Hall–Kier alpha value is -2.94. The molecule has 0 unspecified atom stereocenters. The zero-order valence-electron chi connectivity index (χ0n) is 18.4. The normalized spacial score (nSPS) is 7.82. The second kappa shape index (κ2) is 22.1. The number of para-hydroxylation sites is 3. The van der Waals surface area contributed by atoms with E-state index in [0.717, 1.165) is 17.2 Å². The maximum Gasteiger partial charge on any atom is 0.118 e. The maximum atomic E-state index is 4.91. The third kappa shape index (κ3) is 15.3. The van der Waals surface area contributed by atoms with Crippen molar-refractivity contribution in [1.29, 1.82) is 0 Å². The van der Waals surface area contributed by atoms with E-state index in [0.29, 0.717) is 0 Å². The minimum Gasteiger partial charge on any atom is -0.497 e. The highest BCUT2D eigenvalue weighted by Crippen LogP contribution is 2.06. The molecular weight excluding hydrogens is 348 g/mol. The van der Waals surface area contributed by atoms with E-state index in [1.807, 2.05) is 119 Å². The first-order chi connectivity index (χ1) is 13.8. The number of benzene rings is 3. The Morgan fingerprint density at radius 2 is 0.536 bits per heavy atom. The molecule has 0 spiro atoms. The molecule has 0 aliphatic heterocycles. The lowest BCUT2D eigenvalue weighted by Gasteiger charge is -1.93. The number of hydrogen-bond donors (Lipinski definition) is 0. The van der Waals surface area contributed by atoms with Crippen molar-refractivity contribution in [2.75, 3.05) is 21.3 Å². The largest absolute Gasteiger partial charge is 0.497 e. The van der Waals surface area contributed by atoms with E-state index in [2.05, 4.69) is 0 Å². The van der Waals surface area contributed by atoms with Gasteiger partial charge in [0.25, 0.3) is 0 Å². The monoisotopic (exact) mass is 384 g/mol. The molecule has 0 saturated heterocycles. The summed E-state index contributed by atoms with van der Waals surface area (Å²) in [6, 6.07) is 29.0. The van der Waals surface area contributed by atoms with Crippen LogP contribution in [0, 0.1) is 0 Å². The molecular formula is C25H36O3.